The van der Waals surface area contributed by atoms with E-state index in [-0.39, 0.29) is 6.04 Å². The molecule has 22 heavy (non-hydrogen) atoms. The van der Waals surface area contributed by atoms with Crippen molar-refractivity contribution in [2.75, 3.05) is 37.5 Å². The third-order valence-corrected chi connectivity index (χ3v) is 3.89. The van der Waals surface area contributed by atoms with Crippen molar-refractivity contribution in [1.82, 2.24) is 15.0 Å². The van der Waals surface area contributed by atoms with E-state index in [1.165, 1.54) is 5.56 Å². The van der Waals surface area contributed by atoms with Crippen LogP contribution in [-0.2, 0) is 11.2 Å². The van der Waals surface area contributed by atoms with Gasteiger partial charge in [-0.2, -0.15) is 0 Å². The molecule has 0 spiro atoms. The highest BCUT2D eigenvalue weighted by Gasteiger charge is 2.28. The van der Waals surface area contributed by atoms with Crippen molar-refractivity contribution >= 4 is 11.6 Å². The lowest BCUT2D eigenvalue weighted by atomic mass is 9.95. The summed E-state index contributed by atoms with van der Waals surface area (Å²) in [5.41, 5.74) is 1.29. The summed E-state index contributed by atoms with van der Waals surface area (Å²) < 4.78 is 5.66. The summed E-state index contributed by atoms with van der Waals surface area (Å²) >= 11 is 0. The van der Waals surface area contributed by atoms with Crippen molar-refractivity contribution in [3.05, 3.63) is 42.5 Å². The largest absolute Gasteiger partial charge is 0.379 e. The van der Waals surface area contributed by atoms with Gasteiger partial charge >= 0.3 is 0 Å². The van der Waals surface area contributed by atoms with Gasteiger partial charge in [-0.1, -0.05) is 0 Å². The molecule has 2 atom stereocenters. The summed E-state index contributed by atoms with van der Waals surface area (Å²) in [7, 11) is 3.94. The molecule has 0 unspecified atom stereocenters. The van der Waals surface area contributed by atoms with E-state index in [4.69, 9.17) is 4.74 Å². The van der Waals surface area contributed by atoms with Crippen LogP contribution >= 0.6 is 0 Å². The smallest absolute Gasteiger partial charge is 0.133 e. The fraction of sp³-hybridized carbons (Fsp3) is 0.438. The molecule has 6 heteroatoms. The van der Waals surface area contributed by atoms with Crippen LogP contribution in [0.15, 0.2) is 36.9 Å². The summed E-state index contributed by atoms with van der Waals surface area (Å²) in [5, 5.41) is 3.49. The molecule has 3 rings (SSSR count). The molecule has 3 heterocycles. The number of nitrogens with zero attached hydrogens (tertiary/aromatic N) is 4. The minimum absolute atomic E-state index is 0.262. The van der Waals surface area contributed by atoms with Gasteiger partial charge in [0, 0.05) is 38.5 Å². The molecule has 0 aliphatic carbocycles. The Kier molecular flexibility index (Phi) is 4.48. The van der Waals surface area contributed by atoms with Crippen LogP contribution in [0.5, 0.6) is 0 Å². The SMILES string of the molecule is CN(C)c1cc(N[C@H]2COC[C@H]2Cc2ccncc2)ncn1. The number of rotatable bonds is 5. The Morgan fingerprint density at radius 1 is 1.23 bits per heavy atom. The molecule has 0 radical (unpaired) electrons. The monoisotopic (exact) mass is 299 g/mol. The molecular formula is C16H21N5O. The highest BCUT2D eigenvalue weighted by molar-refractivity contribution is 5.48. The lowest BCUT2D eigenvalue weighted by Gasteiger charge is -2.20. The fourth-order valence-corrected chi connectivity index (χ4v) is 2.64. The number of ether oxygens (including phenoxy) is 1. The second kappa shape index (κ2) is 6.70. The summed E-state index contributed by atoms with van der Waals surface area (Å²) in [4.78, 5) is 14.6. The van der Waals surface area contributed by atoms with Crippen LogP contribution in [0, 0.1) is 5.92 Å². The van der Waals surface area contributed by atoms with E-state index >= 15 is 0 Å². The van der Waals surface area contributed by atoms with Crippen LogP contribution in [0.25, 0.3) is 0 Å². The molecule has 2 aromatic rings. The molecule has 1 aliphatic rings. The van der Waals surface area contributed by atoms with Crippen molar-refractivity contribution in [2.45, 2.75) is 12.5 Å². The number of aromatic nitrogens is 3. The summed E-state index contributed by atoms with van der Waals surface area (Å²) in [6.45, 7) is 1.47. The van der Waals surface area contributed by atoms with E-state index in [1.807, 2.05) is 37.5 Å². The van der Waals surface area contributed by atoms with Gasteiger partial charge in [0.2, 0.25) is 0 Å². The maximum absolute atomic E-state index is 5.66. The van der Waals surface area contributed by atoms with E-state index in [2.05, 4.69) is 32.4 Å². The van der Waals surface area contributed by atoms with Crippen molar-refractivity contribution in [3.8, 4) is 0 Å². The van der Waals surface area contributed by atoms with Crippen LogP contribution < -0.4 is 10.2 Å². The van der Waals surface area contributed by atoms with Crippen LogP contribution in [0.2, 0.25) is 0 Å². The molecule has 2 aromatic heterocycles. The van der Waals surface area contributed by atoms with Gasteiger partial charge in [0.15, 0.2) is 0 Å². The van der Waals surface area contributed by atoms with E-state index in [1.54, 1.807) is 6.33 Å². The lowest BCUT2D eigenvalue weighted by molar-refractivity contribution is 0.185. The number of hydrogen-bond acceptors (Lipinski definition) is 6. The molecular weight excluding hydrogens is 278 g/mol. The van der Waals surface area contributed by atoms with Crippen molar-refractivity contribution < 1.29 is 4.74 Å². The first-order chi connectivity index (χ1) is 10.7. The average Bonchev–Trinajstić information content (AvgIpc) is 2.95. The maximum Gasteiger partial charge on any atom is 0.133 e. The van der Waals surface area contributed by atoms with Gasteiger partial charge in [0.25, 0.3) is 0 Å². The zero-order valence-electron chi connectivity index (χ0n) is 12.9. The molecule has 116 valence electrons. The highest BCUT2D eigenvalue weighted by atomic mass is 16.5. The summed E-state index contributed by atoms with van der Waals surface area (Å²) in [5.74, 6) is 2.16. The predicted octanol–water partition coefficient (Wildman–Crippen LogP) is 1.61. The van der Waals surface area contributed by atoms with Crippen molar-refractivity contribution in [3.63, 3.8) is 0 Å². The standard InChI is InChI=1S/C16H21N5O/c1-21(2)16-8-15(18-11-19-16)20-14-10-22-9-13(14)7-12-3-5-17-6-4-12/h3-6,8,11,13-14H,7,9-10H2,1-2H3,(H,18,19,20)/t13-,14+/m1/s1. The number of anilines is 2. The predicted molar refractivity (Wildman–Crippen MR) is 86.0 cm³/mol. The van der Waals surface area contributed by atoms with Gasteiger partial charge in [-0.25, -0.2) is 9.97 Å². The van der Waals surface area contributed by atoms with E-state index in [0.717, 1.165) is 24.7 Å². The highest BCUT2D eigenvalue weighted by Crippen LogP contribution is 2.22. The van der Waals surface area contributed by atoms with Gasteiger partial charge in [0.1, 0.15) is 18.0 Å². The molecule has 1 fully saturated rings. The van der Waals surface area contributed by atoms with Gasteiger partial charge in [-0.3, -0.25) is 4.98 Å². The maximum atomic E-state index is 5.66. The van der Waals surface area contributed by atoms with Crippen LogP contribution in [0.3, 0.4) is 0 Å². The van der Waals surface area contributed by atoms with E-state index < -0.39 is 0 Å². The number of hydrogen-bond donors (Lipinski definition) is 1. The number of pyridine rings is 1. The molecule has 0 amide bonds. The van der Waals surface area contributed by atoms with Gasteiger partial charge < -0.3 is 15.0 Å². The fourth-order valence-electron chi connectivity index (χ4n) is 2.64. The van der Waals surface area contributed by atoms with Crippen LogP contribution in [-0.4, -0.2) is 48.3 Å². The Morgan fingerprint density at radius 3 is 2.82 bits per heavy atom. The third-order valence-electron chi connectivity index (χ3n) is 3.89. The Morgan fingerprint density at radius 2 is 2.05 bits per heavy atom. The Labute approximate surface area is 130 Å². The molecule has 0 aromatic carbocycles. The molecule has 1 N–H and O–H groups in total. The Hall–Kier alpha value is -2.21. The minimum atomic E-state index is 0.262. The normalized spacial score (nSPS) is 20.8. The summed E-state index contributed by atoms with van der Waals surface area (Å²) in [6.07, 6.45) is 6.24. The summed E-state index contributed by atoms with van der Waals surface area (Å²) in [6, 6.07) is 6.34. The zero-order chi connectivity index (χ0) is 15.4. The second-order valence-corrected chi connectivity index (χ2v) is 5.76. The van der Waals surface area contributed by atoms with Crippen LogP contribution in [0.1, 0.15) is 5.56 Å². The molecule has 0 bridgehead atoms. The topological polar surface area (TPSA) is 63.2 Å². The van der Waals surface area contributed by atoms with Gasteiger partial charge in [-0.05, 0) is 24.1 Å². The van der Waals surface area contributed by atoms with Crippen molar-refractivity contribution in [1.29, 1.82) is 0 Å². The lowest BCUT2D eigenvalue weighted by Crippen LogP contribution is -2.29. The molecule has 1 saturated heterocycles. The van der Waals surface area contributed by atoms with E-state index in [9.17, 15) is 0 Å². The van der Waals surface area contributed by atoms with Gasteiger partial charge in [0.05, 0.1) is 19.3 Å². The molecule has 1 aliphatic heterocycles. The number of nitrogens with one attached hydrogen (secondary N) is 1. The average molecular weight is 299 g/mol. The minimum Gasteiger partial charge on any atom is -0.379 e. The molecule has 6 nitrogen and oxygen atoms in total. The quantitative estimate of drug-likeness (QED) is 0.905. The van der Waals surface area contributed by atoms with Crippen molar-refractivity contribution in [2.24, 2.45) is 5.92 Å². The Bertz CT molecular complexity index is 604. The third kappa shape index (κ3) is 3.51. The first-order valence-electron chi connectivity index (χ1n) is 7.45. The second-order valence-electron chi connectivity index (χ2n) is 5.76. The van der Waals surface area contributed by atoms with Gasteiger partial charge in [-0.15, -0.1) is 0 Å². The Balaban J connectivity index is 1.67. The first kappa shape index (κ1) is 14.7. The first-order valence-corrected chi connectivity index (χ1v) is 7.45. The van der Waals surface area contributed by atoms with Crippen LogP contribution in [0.4, 0.5) is 11.6 Å². The van der Waals surface area contributed by atoms with E-state index in [0.29, 0.717) is 12.5 Å². The molecule has 0 saturated carbocycles. The zero-order valence-corrected chi connectivity index (χ0v) is 12.9.